The van der Waals surface area contributed by atoms with E-state index >= 15 is 0 Å². The Morgan fingerprint density at radius 3 is 2.65 bits per heavy atom. The van der Waals surface area contributed by atoms with Crippen LogP contribution in [0.1, 0.15) is 34.6 Å². The topological polar surface area (TPSA) is 102 Å². The van der Waals surface area contributed by atoms with Gasteiger partial charge in [-0.1, -0.05) is 0 Å². The molecule has 158 valence electrons. The van der Waals surface area contributed by atoms with Crippen molar-refractivity contribution in [3.05, 3.63) is 60.1 Å². The molecule has 5 rings (SSSR count). The number of fused-ring (bicyclic) bond motifs is 3. The molecule has 0 aliphatic heterocycles. The Balaban J connectivity index is 1.47. The third kappa shape index (κ3) is 3.51. The lowest BCUT2D eigenvalue weighted by Crippen LogP contribution is -2.33. The van der Waals surface area contributed by atoms with Crippen molar-refractivity contribution >= 4 is 28.3 Å². The number of nitrogens with two attached hydrogens (primary N) is 1. The minimum atomic E-state index is -4.46. The maximum absolute atomic E-state index is 13.2. The quantitative estimate of drug-likeness (QED) is 0.537. The van der Waals surface area contributed by atoms with Gasteiger partial charge in [-0.2, -0.15) is 13.2 Å². The van der Waals surface area contributed by atoms with E-state index in [9.17, 15) is 18.0 Å². The van der Waals surface area contributed by atoms with Gasteiger partial charge in [0.05, 0.1) is 42.0 Å². The molecule has 1 fully saturated rings. The fourth-order valence-electron chi connectivity index (χ4n) is 3.46. The van der Waals surface area contributed by atoms with Crippen LogP contribution in [0.5, 0.6) is 0 Å². The van der Waals surface area contributed by atoms with Gasteiger partial charge in [-0.3, -0.25) is 14.2 Å². The van der Waals surface area contributed by atoms with Crippen LogP contribution in [0.4, 0.5) is 19.0 Å². The average molecular weight is 427 g/mol. The van der Waals surface area contributed by atoms with E-state index in [-0.39, 0.29) is 24.2 Å². The van der Waals surface area contributed by atoms with Crippen molar-refractivity contribution in [2.45, 2.75) is 31.6 Å². The molecule has 1 saturated carbocycles. The summed E-state index contributed by atoms with van der Waals surface area (Å²) in [6.45, 7) is 0.0990. The molecule has 2 N–H and O–H groups in total. The Morgan fingerprint density at radius 2 is 1.97 bits per heavy atom. The number of rotatable bonds is 4. The highest BCUT2D eigenvalue weighted by molar-refractivity contribution is 5.96. The highest BCUT2D eigenvalue weighted by atomic mass is 19.4. The molecular weight excluding hydrogens is 411 g/mol. The number of aromatic nitrogens is 5. The van der Waals surface area contributed by atoms with Gasteiger partial charge in [0.15, 0.2) is 0 Å². The molecule has 0 unspecified atom stereocenters. The molecule has 1 aliphatic rings. The van der Waals surface area contributed by atoms with E-state index in [1.54, 1.807) is 27.9 Å². The highest BCUT2D eigenvalue weighted by Crippen LogP contribution is 2.31. The largest absolute Gasteiger partial charge is 0.417 e. The molecule has 0 atom stereocenters. The van der Waals surface area contributed by atoms with Crippen molar-refractivity contribution in [1.82, 2.24) is 29.2 Å². The molecule has 4 aromatic heterocycles. The molecule has 4 aromatic rings. The summed E-state index contributed by atoms with van der Waals surface area (Å²) in [5.41, 5.74) is 7.44. The number of amides is 1. The zero-order valence-electron chi connectivity index (χ0n) is 16.0. The van der Waals surface area contributed by atoms with Crippen LogP contribution in [0.15, 0.2) is 43.1 Å². The molecule has 4 heterocycles. The first-order valence-electron chi connectivity index (χ1n) is 9.51. The number of imidazole rings is 1. The normalized spacial score (nSPS) is 14.3. The minimum Gasteiger partial charge on any atom is -0.382 e. The lowest BCUT2D eigenvalue weighted by atomic mass is 10.2. The van der Waals surface area contributed by atoms with Gasteiger partial charge in [-0.25, -0.2) is 15.0 Å². The fraction of sp³-hybridized carbons (Fsp3) is 0.250. The van der Waals surface area contributed by atoms with Crippen molar-refractivity contribution < 1.29 is 18.0 Å². The predicted octanol–water partition coefficient (Wildman–Crippen LogP) is 3.08. The third-order valence-electron chi connectivity index (χ3n) is 5.22. The Morgan fingerprint density at radius 1 is 1.16 bits per heavy atom. The van der Waals surface area contributed by atoms with E-state index in [2.05, 4.69) is 19.9 Å². The lowest BCUT2D eigenvalue weighted by molar-refractivity contribution is -0.137. The van der Waals surface area contributed by atoms with E-state index in [1.165, 1.54) is 12.3 Å². The summed E-state index contributed by atoms with van der Waals surface area (Å²) in [6.07, 6.45) is 2.60. The van der Waals surface area contributed by atoms with E-state index < -0.39 is 11.7 Å². The van der Waals surface area contributed by atoms with Gasteiger partial charge in [-0.15, -0.1) is 0 Å². The first-order valence-corrected chi connectivity index (χ1v) is 9.51. The summed E-state index contributed by atoms with van der Waals surface area (Å²) in [7, 11) is 0. The van der Waals surface area contributed by atoms with Crippen LogP contribution < -0.4 is 5.73 Å². The smallest absolute Gasteiger partial charge is 0.382 e. The summed E-state index contributed by atoms with van der Waals surface area (Å²) in [4.78, 5) is 31.3. The Labute approximate surface area is 173 Å². The van der Waals surface area contributed by atoms with Crippen molar-refractivity contribution in [1.29, 1.82) is 0 Å². The van der Waals surface area contributed by atoms with Crippen molar-refractivity contribution in [3.63, 3.8) is 0 Å². The number of alkyl halides is 3. The Bertz CT molecular complexity index is 1300. The van der Waals surface area contributed by atoms with Crippen LogP contribution in [-0.2, 0) is 12.7 Å². The predicted molar refractivity (Wildman–Crippen MR) is 105 cm³/mol. The molecule has 8 nitrogen and oxygen atoms in total. The Kier molecular flexibility index (Phi) is 4.27. The summed E-state index contributed by atoms with van der Waals surface area (Å²) in [6, 6.07) is 3.89. The molecule has 0 spiro atoms. The first-order chi connectivity index (χ1) is 14.8. The number of nitrogen functional groups attached to an aromatic ring is 1. The van der Waals surface area contributed by atoms with Crippen molar-refractivity contribution in [3.8, 4) is 0 Å². The van der Waals surface area contributed by atoms with E-state index in [4.69, 9.17) is 5.73 Å². The maximum Gasteiger partial charge on any atom is 0.417 e. The first kappa shape index (κ1) is 19.2. The number of carbonyl (C=O) groups is 1. The van der Waals surface area contributed by atoms with Gasteiger partial charge < -0.3 is 10.6 Å². The van der Waals surface area contributed by atoms with Gasteiger partial charge in [0.25, 0.3) is 5.91 Å². The van der Waals surface area contributed by atoms with Gasteiger partial charge in [-0.05, 0) is 31.0 Å². The molecule has 1 aliphatic carbocycles. The zero-order valence-corrected chi connectivity index (χ0v) is 16.0. The number of hydrogen-bond donors (Lipinski definition) is 1. The molecule has 0 radical (unpaired) electrons. The highest BCUT2D eigenvalue weighted by Gasteiger charge is 2.35. The summed E-state index contributed by atoms with van der Waals surface area (Å²) in [5.74, 6) is -0.0185. The second-order valence-corrected chi connectivity index (χ2v) is 7.40. The molecule has 0 saturated heterocycles. The number of carbonyl (C=O) groups excluding carboxylic acids is 1. The zero-order chi connectivity index (χ0) is 21.8. The summed E-state index contributed by atoms with van der Waals surface area (Å²) in [5, 5.41) is 0. The second kappa shape index (κ2) is 6.89. The van der Waals surface area contributed by atoms with Crippen LogP contribution in [0.25, 0.3) is 16.6 Å². The number of halogens is 3. The molecule has 0 bridgehead atoms. The van der Waals surface area contributed by atoms with Gasteiger partial charge in [0, 0.05) is 12.2 Å². The van der Waals surface area contributed by atoms with Crippen LogP contribution in [0.2, 0.25) is 0 Å². The monoisotopic (exact) mass is 427 g/mol. The molecular formula is C20H16F3N7O. The van der Waals surface area contributed by atoms with Crippen LogP contribution in [0.3, 0.4) is 0 Å². The van der Waals surface area contributed by atoms with E-state index in [0.717, 1.165) is 25.1 Å². The molecule has 11 heteroatoms. The van der Waals surface area contributed by atoms with Crippen molar-refractivity contribution in [2.24, 2.45) is 0 Å². The number of hydrogen-bond acceptors (Lipinski definition) is 6. The second-order valence-electron chi connectivity index (χ2n) is 7.40. The lowest BCUT2D eigenvalue weighted by Gasteiger charge is -2.22. The Hall–Kier alpha value is -3.76. The SMILES string of the molecule is Nc1nc2cnc(C(=O)N(Cc3ccc(C(F)(F)F)cn3)C3CC3)cc2n2cncc12. The molecule has 1 amide bonds. The van der Waals surface area contributed by atoms with Gasteiger partial charge in [0.2, 0.25) is 0 Å². The number of nitrogens with zero attached hydrogens (tertiary/aromatic N) is 6. The average Bonchev–Trinajstić information content (AvgIpc) is 3.46. The van der Waals surface area contributed by atoms with E-state index in [1.807, 2.05) is 0 Å². The van der Waals surface area contributed by atoms with Crippen LogP contribution >= 0.6 is 0 Å². The summed E-state index contributed by atoms with van der Waals surface area (Å²) < 4.78 is 40.1. The van der Waals surface area contributed by atoms with Crippen LogP contribution in [-0.4, -0.2) is 41.2 Å². The minimum absolute atomic E-state index is 0.00639. The molecule has 31 heavy (non-hydrogen) atoms. The fourth-order valence-corrected chi connectivity index (χ4v) is 3.46. The number of anilines is 1. The van der Waals surface area contributed by atoms with Gasteiger partial charge in [0.1, 0.15) is 22.5 Å². The van der Waals surface area contributed by atoms with Crippen molar-refractivity contribution in [2.75, 3.05) is 5.73 Å². The van der Waals surface area contributed by atoms with E-state index in [0.29, 0.717) is 28.1 Å². The standard InChI is InChI=1S/C20H16F3N7O/c21-20(22,23)11-1-2-12(26-6-11)9-29(13-3-4-13)19(31)14-5-16-15(7-27-14)28-18(24)17-8-25-10-30(16)17/h1-2,5-8,10,13H,3-4,9H2,(H2,24,28). The van der Waals surface area contributed by atoms with Gasteiger partial charge >= 0.3 is 6.18 Å². The summed E-state index contributed by atoms with van der Waals surface area (Å²) >= 11 is 0. The van der Waals surface area contributed by atoms with Crippen LogP contribution in [0, 0.1) is 0 Å². The maximum atomic E-state index is 13.2. The third-order valence-corrected chi connectivity index (χ3v) is 5.22. The number of pyridine rings is 2. The molecule has 0 aromatic carbocycles.